The summed E-state index contributed by atoms with van der Waals surface area (Å²) in [6.07, 6.45) is 3.21. The molecule has 2 aromatic rings. The van der Waals surface area contributed by atoms with E-state index in [9.17, 15) is 4.79 Å². The third-order valence-electron chi connectivity index (χ3n) is 2.34. The van der Waals surface area contributed by atoms with Crippen LogP contribution in [-0.2, 0) is 0 Å². The Hall–Kier alpha value is -1.08. The predicted octanol–water partition coefficient (Wildman–Crippen LogP) is 2.59. The van der Waals surface area contributed by atoms with Crippen molar-refractivity contribution in [1.82, 2.24) is 15.6 Å². The minimum absolute atomic E-state index is 0. The summed E-state index contributed by atoms with van der Waals surface area (Å²) < 4.78 is 4.99. The number of nitrogens with one attached hydrogen (secondary N) is 2. The SMILES string of the molecule is CCNCCNC(=O)c1csc(-c2ccoc2)n1.Cl.Cl. The van der Waals surface area contributed by atoms with E-state index >= 15 is 0 Å². The molecule has 0 saturated heterocycles. The molecule has 0 aliphatic carbocycles. The van der Waals surface area contributed by atoms with Crippen molar-refractivity contribution in [3.63, 3.8) is 0 Å². The molecule has 0 radical (unpaired) electrons. The maximum absolute atomic E-state index is 11.8. The fourth-order valence-electron chi connectivity index (χ4n) is 1.43. The molecule has 1 amide bonds. The number of thiazole rings is 1. The molecule has 8 heteroatoms. The lowest BCUT2D eigenvalue weighted by Crippen LogP contribution is -2.31. The van der Waals surface area contributed by atoms with Crippen LogP contribution in [0.3, 0.4) is 0 Å². The van der Waals surface area contributed by atoms with E-state index in [1.54, 1.807) is 17.9 Å². The topological polar surface area (TPSA) is 67.2 Å². The average molecular weight is 338 g/mol. The molecular formula is C12H17Cl2N3O2S. The molecule has 0 bridgehead atoms. The fourth-order valence-corrected chi connectivity index (χ4v) is 2.21. The summed E-state index contributed by atoms with van der Waals surface area (Å²) in [6.45, 7) is 4.29. The number of halogens is 2. The molecule has 0 saturated carbocycles. The van der Waals surface area contributed by atoms with Crippen molar-refractivity contribution in [3.05, 3.63) is 29.7 Å². The highest BCUT2D eigenvalue weighted by atomic mass is 35.5. The molecule has 0 aromatic carbocycles. The zero-order chi connectivity index (χ0) is 12.8. The smallest absolute Gasteiger partial charge is 0.270 e. The summed E-state index contributed by atoms with van der Waals surface area (Å²) in [6, 6.07) is 1.83. The molecule has 2 aromatic heterocycles. The van der Waals surface area contributed by atoms with E-state index in [0.29, 0.717) is 12.2 Å². The van der Waals surface area contributed by atoms with Crippen LogP contribution in [0.2, 0.25) is 0 Å². The van der Waals surface area contributed by atoms with E-state index in [2.05, 4.69) is 15.6 Å². The van der Waals surface area contributed by atoms with Crippen molar-refractivity contribution in [2.75, 3.05) is 19.6 Å². The van der Waals surface area contributed by atoms with Gasteiger partial charge in [-0.1, -0.05) is 6.92 Å². The van der Waals surface area contributed by atoms with Crippen molar-refractivity contribution in [2.24, 2.45) is 0 Å². The van der Waals surface area contributed by atoms with E-state index in [1.807, 2.05) is 13.0 Å². The van der Waals surface area contributed by atoms with Gasteiger partial charge in [0, 0.05) is 24.0 Å². The van der Waals surface area contributed by atoms with Crippen molar-refractivity contribution >= 4 is 42.1 Å². The van der Waals surface area contributed by atoms with Gasteiger partial charge in [-0.05, 0) is 12.6 Å². The Labute approximate surface area is 134 Å². The predicted molar refractivity (Wildman–Crippen MR) is 85.2 cm³/mol. The number of furan rings is 1. The van der Waals surface area contributed by atoms with Gasteiger partial charge >= 0.3 is 0 Å². The van der Waals surface area contributed by atoms with Crippen molar-refractivity contribution in [2.45, 2.75) is 6.92 Å². The molecule has 0 aliphatic rings. The zero-order valence-electron chi connectivity index (χ0n) is 10.9. The molecule has 0 atom stereocenters. The van der Waals surface area contributed by atoms with Crippen LogP contribution < -0.4 is 10.6 Å². The second kappa shape index (κ2) is 9.77. The summed E-state index contributed by atoms with van der Waals surface area (Å²) in [4.78, 5) is 16.1. The monoisotopic (exact) mass is 337 g/mol. The zero-order valence-corrected chi connectivity index (χ0v) is 13.4. The van der Waals surface area contributed by atoms with E-state index in [0.717, 1.165) is 23.7 Å². The largest absolute Gasteiger partial charge is 0.472 e. The number of hydrogen-bond acceptors (Lipinski definition) is 5. The second-order valence-electron chi connectivity index (χ2n) is 3.66. The quantitative estimate of drug-likeness (QED) is 0.795. The van der Waals surface area contributed by atoms with Crippen LogP contribution in [0.1, 0.15) is 17.4 Å². The van der Waals surface area contributed by atoms with Crippen LogP contribution in [-0.4, -0.2) is 30.5 Å². The molecule has 112 valence electrons. The number of nitrogens with zero attached hydrogens (tertiary/aromatic N) is 1. The highest BCUT2D eigenvalue weighted by Crippen LogP contribution is 2.23. The van der Waals surface area contributed by atoms with E-state index in [4.69, 9.17) is 4.42 Å². The number of amides is 1. The lowest BCUT2D eigenvalue weighted by Gasteiger charge is -2.02. The van der Waals surface area contributed by atoms with Crippen LogP contribution in [0.5, 0.6) is 0 Å². The number of rotatable bonds is 6. The summed E-state index contributed by atoms with van der Waals surface area (Å²) >= 11 is 1.43. The third kappa shape index (κ3) is 5.13. The van der Waals surface area contributed by atoms with Gasteiger partial charge in [0.05, 0.1) is 6.26 Å². The second-order valence-corrected chi connectivity index (χ2v) is 4.52. The molecule has 20 heavy (non-hydrogen) atoms. The van der Waals surface area contributed by atoms with Crippen LogP contribution in [0.25, 0.3) is 10.6 Å². The summed E-state index contributed by atoms with van der Waals surface area (Å²) in [7, 11) is 0. The Morgan fingerprint density at radius 2 is 2.20 bits per heavy atom. The van der Waals surface area contributed by atoms with Gasteiger partial charge in [0.15, 0.2) is 0 Å². The van der Waals surface area contributed by atoms with Crippen LogP contribution in [0, 0.1) is 0 Å². The number of hydrogen-bond donors (Lipinski definition) is 2. The van der Waals surface area contributed by atoms with E-state index in [-0.39, 0.29) is 30.7 Å². The first-order chi connectivity index (χ1) is 8.81. The molecule has 2 N–H and O–H groups in total. The first-order valence-electron chi connectivity index (χ1n) is 5.78. The average Bonchev–Trinajstić information content (AvgIpc) is 3.03. The fraction of sp³-hybridized carbons (Fsp3) is 0.333. The van der Waals surface area contributed by atoms with Gasteiger partial charge < -0.3 is 15.1 Å². The van der Waals surface area contributed by atoms with Crippen molar-refractivity contribution in [1.29, 1.82) is 0 Å². The summed E-state index contributed by atoms with van der Waals surface area (Å²) in [5, 5.41) is 8.50. The van der Waals surface area contributed by atoms with Crippen LogP contribution >= 0.6 is 36.2 Å². The Bertz CT molecular complexity index is 503. The maximum Gasteiger partial charge on any atom is 0.270 e. The third-order valence-corrected chi connectivity index (χ3v) is 3.23. The minimum Gasteiger partial charge on any atom is -0.472 e. The molecule has 0 unspecified atom stereocenters. The number of carbonyl (C=O) groups excluding carboxylic acids is 1. The number of carbonyl (C=O) groups is 1. The van der Waals surface area contributed by atoms with E-state index < -0.39 is 0 Å². The first-order valence-corrected chi connectivity index (χ1v) is 6.66. The molecule has 5 nitrogen and oxygen atoms in total. The van der Waals surface area contributed by atoms with Gasteiger partial charge in [-0.25, -0.2) is 4.98 Å². The van der Waals surface area contributed by atoms with E-state index in [1.165, 1.54) is 11.3 Å². The Morgan fingerprint density at radius 3 is 2.85 bits per heavy atom. The first kappa shape index (κ1) is 18.9. The molecular weight excluding hydrogens is 321 g/mol. The lowest BCUT2D eigenvalue weighted by atomic mass is 10.3. The Balaban J connectivity index is 0.00000180. The molecule has 0 aliphatic heterocycles. The highest BCUT2D eigenvalue weighted by Gasteiger charge is 2.11. The van der Waals surface area contributed by atoms with Gasteiger partial charge in [-0.15, -0.1) is 36.2 Å². The van der Waals surface area contributed by atoms with Gasteiger partial charge in [0.25, 0.3) is 5.91 Å². The van der Waals surface area contributed by atoms with Gasteiger partial charge in [-0.2, -0.15) is 0 Å². The normalized spacial score (nSPS) is 9.45. The Kier molecular flexibility index (Phi) is 9.24. The summed E-state index contributed by atoms with van der Waals surface area (Å²) in [5.74, 6) is -0.140. The molecule has 0 spiro atoms. The standard InChI is InChI=1S/C12H15N3O2S.2ClH/c1-2-13-4-5-14-11(16)10-8-18-12(15-10)9-3-6-17-7-9;;/h3,6-8,13H,2,4-5H2,1H3,(H,14,16);2*1H. The van der Waals surface area contributed by atoms with Crippen molar-refractivity contribution in [3.8, 4) is 10.6 Å². The van der Waals surface area contributed by atoms with Crippen LogP contribution in [0.15, 0.2) is 28.4 Å². The number of aromatic nitrogens is 1. The summed E-state index contributed by atoms with van der Waals surface area (Å²) in [5.41, 5.74) is 1.35. The highest BCUT2D eigenvalue weighted by molar-refractivity contribution is 7.13. The van der Waals surface area contributed by atoms with Gasteiger partial charge in [0.2, 0.25) is 0 Å². The molecule has 0 fully saturated rings. The minimum atomic E-state index is -0.140. The Morgan fingerprint density at radius 1 is 1.40 bits per heavy atom. The molecule has 2 heterocycles. The lowest BCUT2D eigenvalue weighted by molar-refractivity contribution is 0.0950. The van der Waals surface area contributed by atoms with Crippen LogP contribution in [0.4, 0.5) is 0 Å². The number of likely N-dealkylation sites (N-methyl/N-ethyl adjacent to an activating group) is 1. The van der Waals surface area contributed by atoms with Crippen molar-refractivity contribution < 1.29 is 9.21 Å². The van der Waals surface area contributed by atoms with Gasteiger partial charge in [0.1, 0.15) is 17.0 Å². The molecule has 2 rings (SSSR count). The maximum atomic E-state index is 11.8. The van der Waals surface area contributed by atoms with Gasteiger partial charge in [-0.3, -0.25) is 4.79 Å².